The summed E-state index contributed by atoms with van der Waals surface area (Å²) in [5.74, 6) is -0.257. The highest BCUT2D eigenvalue weighted by molar-refractivity contribution is 9.10. The molecule has 6 heteroatoms. The molecule has 0 aliphatic heterocycles. The lowest BCUT2D eigenvalue weighted by molar-refractivity contribution is 0.593. The van der Waals surface area contributed by atoms with Gasteiger partial charge in [-0.05, 0) is 30.3 Å². The van der Waals surface area contributed by atoms with Gasteiger partial charge in [-0.2, -0.15) is 0 Å². The highest BCUT2D eigenvalue weighted by Gasteiger charge is 2.15. The van der Waals surface area contributed by atoms with Gasteiger partial charge in [0.25, 0.3) is 0 Å². The Morgan fingerprint density at radius 3 is 2.68 bits per heavy atom. The number of hydrogen-bond acceptors (Lipinski definition) is 2. The second kappa shape index (κ2) is 4.78. The molecular formula is C13H5BrCl2FNO. The molecule has 1 aromatic heterocycles. The number of rotatable bonds is 1. The van der Waals surface area contributed by atoms with Crippen molar-refractivity contribution in [3.05, 3.63) is 50.7 Å². The van der Waals surface area contributed by atoms with Gasteiger partial charge in [0.05, 0.1) is 10.6 Å². The van der Waals surface area contributed by atoms with Crippen LogP contribution in [0.1, 0.15) is 0 Å². The summed E-state index contributed by atoms with van der Waals surface area (Å²) in [5.41, 5.74) is 1.16. The Kier molecular flexibility index (Phi) is 3.25. The first-order valence-corrected chi connectivity index (χ1v) is 6.80. The van der Waals surface area contributed by atoms with E-state index in [1.165, 1.54) is 6.07 Å². The van der Waals surface area contributed by atoms with E-state index in [1.807, 2.05) is 0 Å². The maximum absolute atomic E-state index is 13.9. The zero-order valence-corrected chi connectivity index (χ0v) is 12.4. The average molecular weight is 361 g/mol. The third-order valence-corrected chi connectivity index (χ3v) is 3.56. The van der Waals surface area contributed by atoms with E-state index < -0.39 is 5.82 Å². The van der Waals surface area contributed by atoms with Crippen molar-refractivity contribution in [1.82, 2.24) is 4.98 Å². The zero-order valence-electron chi connectivity index (χ0n) is 9.25. The molecule has 0 spiro atoms. The molecule has 0 bridgehead atoms. The van der Waals surface area contributed by atoms with E-state index >= 15 is 0 Å². The normalized spacial score (nSPS) is 11.2. The summed E-state index contributed by atoms with van der Waals surface area (Å²) < 4.78 is 20.0. The van der Waals surface area contributed by atoms with Crippen LogP contribution in [0.5, 0.6) is 0 Å². The Morgan fingerprint density at radius 1 is 1.16 bits per heavy atom. The van der Waals surface area contributed by atoms with Gasteiger partial charge < -0.3 is 4.42 Å². The van der Waals surface area contributed by atoms with Gasteiger partial charge in [0.1, 0.15) is 11.3 Å². The van der Waals surface area contributed by atoms with E-state index in [1.54, 1.807) is 24.3 Å². The van der Waals surface area contributed by atoms with Gasteiger partial charge in [-0.25, -0.2) is 9.37 Å². The Labute approximate surface area is 126 Å². The molecule has 2 aromatic carbocycles. The summed E-state index contributed by atoms with van der Waals surface area (Å²) in [6.45, 7) is 0. The molecule has 3 aromatic rings. The number of halogens is 4. The second-order valence-corrected chi connectivity index (χ2v) is 5.64. The van der Waals surface area contributed by atoms with Crippen LogP contribution in [0.2, 0.25) is 10.0 Å². The van der Waals surface area contributed by atoms with Crippen LogP contribution in [0.15, 0.2) is 39.2 Å². The fourth-order valence-corrected chi connectivity index (χ4v) is 2.59. The minimum atomic E-state index is -0.428. The first-order valence-electron chi connectivity index (χ1n) is 5.25. The molecular weight excluding hydrogens is 356 g/mol. The van der Waals surface area contributed by atoms with E-state index in [0.717, 1.165) is 0 Å². The SMILES string of the molecule is Fc1cc(Br)ccc1-c1nc2cc(Cl)cc(Cl)c2o1. The molecule has 19 heavy (non-hydrogen) atoms. The summed E-state index contributed by atoms with van der Waals surface area (Å²) in [5, 5.41) is 0.799. The summed E-state index contributed by atoms with van der Waals surface area (Å²) in [6, 6.07) is 7.81. The summed E-state index contributed by atoms with van der Waals surface area (Å²) >= 11 is 15.1. The molecule has 0 saturated heterocycles. The van der Waals surface area contributed by atoms with E-state index in [0.29, 0.717) is 25.6 Å². The average Bonchev–Trinajstić information content (AvgIpc) is 2.72. The lowest BCUT2D eigenvalue weighted by atomic mass is 10.2. The minimum absolute atomic E-state index is 0.171. The van der Waals surface area contributed by atoms with E-state index in [-0.39, 0.29) is 11.5 Å². The van der Waals surface area contributed by atoms with Gasteiger partial charge in [-0.15, -0.1) is 0 Å². The standard InChI is InChI=1S/C13H5BrCl2FNO/c14-6-1-2-8(10(17)3-6)13-18-11-5-7(15)4-9(16)12(11)19-13/h1-5H. The highest BCUT2D eigenvalue weighted by atomic mass is 79.9. The van der Waals surface area contributed by atoms with E-state index in [9.17, 15) is 4.39 Å². The number of oxazole rings is 1. The highest BCUT2D eigenvalue weighted by Crippen LogP contribution is 2.33. The Morgan fingerprint density at radius 2 is 1.95 bits per heavy atom. The quantitative estimate of drug-likeness (QED) is 0.556. The van der Waals surface area contributed by atoms with Gasteiger partial charge in [0.15, 0.2) is 5.58 Å². The number of aromatic nitrogens is 1. The molecule has 0 amide bonds. The molecule has 96 valence electrons. The molecule has 0 aliphatic rings. The fourth-order valence-electron chi connectivity index (χ4n) is 1.74. The minimum Gasteiger partial charge on any atom is -0.434 e. The molecule has 0 N–H and O–H groups in total. The Balaban J connectivity index is 2.23. The number of nitrogens with zero attached hydrogens (tertiary/aromatic N) is 1. The van der Waals surface area contributed by atoms with Crippen LogP contribution in [-0.2, 0) is 0 Å². The van der Waals surface area contributed by atoms with Gasteiger partial charge in [-0.3, -0.25) is 0 Å². The fraction of sp³-hybridized carbons (Fsp3) is 0. The van der Waals surface area contributed by atoms with E-state index in [2.05, 4.69) is 20.9 Å². The van der Waals surface area contributed by atoms with Crippen LogP contribution in [-0.4, -0.2) is 4.98 Å². The van der Waals surface area contributed by atoms with Gasteiger partial charge in [0, 0.05) is 9.50 Å². The third-order valence-electron chi connectivity index (χ3n) is 2.57. The molecule has 0 fully saturated rings. The third kappa shape index (κ3) is 2.36. The van der Waals surface area contributed by atoms with Crippen molar-refractivity contribution in [2.24, 2.45) is 0 Å². The molecule has 0 atom stereocenters. The second-order valence-electron chi connectivity index (χ2n) is 3.88. The van der Waals surface area contributed by atoms with Crippen molar-refractivity contribution in [3.8, 4) is 11.5 Å². The van der Waals surface area contributed by atoms with E-state index in [4.69, 9.17) is 27.6 Å². The first kappa shape index (κ1) is 12.9. The first-order chi connectivity index (χ1) is 9.04. The molecule has 0 radical (unpaired) electrons. The molecule has 1 heterocycles. The largest absolute Gasteiger partial charge is 0.434 e. The van der Waals surface area contributed by atoms with Crippen molar-refractivity contribution >= 4 is 50.2 Å². The Hall–Kier alpha value is -1.10. The summed E-state index contributed by atoms with van der Waals surface area (Å²) in [7, 11) is 0. The molecule has 3 rings (SSSR count). The van der Waals surface area contributed by atoms with Gasteiger partial charge in [-0.1, -0.05) is 39.1 Å². The number of fused-ring (bicyclic) bond motifs is 1. The van der Waals surface area contributed by atoms with Gasteiger partial charge in [0.2, 0.25) is 5.89 Å². The van der Waals surface area contributed by atoms with Crippen molar-refractivity contribution in [3.63, 3.8) is 0 Å². The van der Waals surface area contributed by atoms with Crippen molar-refractivity contribution in [2.45, 2.75) is 0 Å². The van der Waals surface area contributed by atoms with Crippen molar-refractivity contribution in [2.75, 3.05) is 0 Å². The monoisotopic (exact) mass is 359 g/mol. The topological polar surface area (TPSA) is 26.0 Å². The maximum Gasteiger partial charge on any atom is 0.230 e. The van der Waals surface area contributed by atoms with Crippen LogP contribution in [0, 0.1) is 5.82 Å². The molecule has 0 aliphatic carbocycles. The van der Waals surface area contributed by atoms with Crippen LogP contribution in [0.4, 0.5) is 4.39 Å². The van der Waals surface area contributed by atoms with Crippen molar-refractivity contribution < 1.29 is 8.81 Å². The lowest BCUT2D eigenvalue weighted by Gasteiger charge is -1.98. The van der Waals surface area contributed by atoms with Crippen LogP contribution in [0.25, 0.3) is 22.6 Å². The van der Waals surface area contributed by atoms with Crippen molar-refractivity contribution in [1.29, 1.82) is 0 Å². The van der Waals surface area contributed by atoms with Crippen LogP contribution < -0.4 is 0 Å². The Bertz CT molecular complexity index is 788. The smallest absolute Gasteiger partial charge is 0.230 e. The van der Waals surface area contributed by atoms with Crippen LogP contribution >= 0.6 is 39.1 Å². The van der Waals surface area contributed by atoms with Crippen LogP contribution in [0.3, 0.4) is 0 Å². The summed E-state index contributed by atoms with van der Waals surface area (Å²) in [4.78, 5) is 4.20. The predicted molar refractivity (Wildman–Crippen MR) is 77.1 cm³/mol. The zero-order chi connectivity index (χ0) is 13.6. The molecule has 0 unspecified atom stereocenters. The predicted octanol–water partition coefficient (Wildman–Crippen LogP) is 5.70. The number of hydrogen-bond donors (Lipinski definition) is 0. The number of benzene rings is 2. The summed E-state index contributed by atoms with van der Waals surface area (Å²) in [6.07, 6.45) is 0. The maximum atomic E-state index is 13.9. The van der Waals surface area contributed by atoms with Gasteiger partial charge >= 0.3 is 0 Å². The molecule has 0 saturated carbocycles. The lowest BCUT2D eigenvalue weighted by Crippen LogP contribution is -1.83. The molecule has 2 nitrogen and oxygen atoms in total.